The van der Waals surface area contributed by atoms with Crippen LogP contribution >= 0.6 is 0 Å². The third kappa shape index (κ3) is 5.08. The van der Waals surface area contributed by atoms with Crippen LogP contribution in [0.2, 0.25) is 0 Å². The molecule has 0 saturated heterocycles. The summed E-state index contributed by atoms with van der Waals surface area (Å²) in [5.41, 5.74) is 14.9. The lowest BCUT2D eigenvalue weighted by atomic mass is 9.98. The lowest BCUT2D eigenvalue weighted by Crippen LogP contribution is -2.08. The van der Waals surface area contributed by atoms with E-state index in [0.717, 1.165) is 51.7 Å². The summed E-state index contributed by atoms with van der Waals surface area (Å²) in [5.74, 6) is 0.711. The first-order chi connectivity index (χ1) is 28.8. The van der Waals surface area contributed by atoms with Gasteiger partial charge in [-0.15, -0.1) is 0 Å². The zero-order valence-electron chi connectivity index (χ0n) is 31.7. The van der Waals surface area contributed by atoms with Gasteiger partial charge >= 0.3 is 0 Å². The molecular formula is C54H36N4. The first kappa shape index (κ1) is 32.7. The van der Waals surface area contributed by atoms with Crippen molar-refractivity contribution in [1.82, 2.24) is 19.1 Å². The summed E-state index contributed by atoms with van der Waals surface area (Å²) in [6.45, 7) is 0. The Morgan fingerprint density at radius 2 is 1.05 bits per heavy atom. The van der Waals surface area contributed by atoms with Crippen molar-refractivity contribution in [2.75, 3.05) is 0 Å². The third-order valence-electron chi connectivity index (χ3n) is 12.0. The first-order valence-corrected chi connectivity index (χ1v) is 20.1. The molecule has 0 radical (unpaired) electrons. The molecule has 272 valence electrons. The maximum atomic E-state index is 5.49. The highest BCUT2D eigenvalue weighted by atomic mass is 15.2. The van der Waals surface area contributed by atoms with E-state index in [4.69, 9.17) is 9.97 Å². The van der Waals surface area contributed by atoms with Crippen LogP contribution in [0, 0.1) is 0 Å². The quantitative estimate of drug-likeness (QED) is 0.176. The van der Waals surface area contributed by atoms with Crippen LogP contribution in [0.25, 0.3) is 106 Å². The molecule has 8 aromatic carbocycles. The van der Waals surface area contributed by atoms with Crippen molar-refractivity contribution in [3.63, 3.8) is 0 Å². The summed E-state index contributed by atoms with van der Waals surface area (Å²) in [5, 5.41) is 7.21. The van der Waals surface area contributed by atoms with Crippen LogP contribution in [0.15, 0.2) is 188 Å². The largest absolute Gasteiger partial charge is 0.309 e. The van der Waals surface area contributed by atoms with Crippen molar-refractivity contribution in [2.45, 2.75) is 12.8 Å². The molecule has 0 atom stereocenters. The van der Waals surface area contributed by atoms with Gasteiger partial charge in [-0.05, 0) is 88.3 Å². The summed E-state index contributed by atoms with van der Waals surface area (Å²) in [7, 11) is 0. The van der Waals surface area contributed by atoms with Crippen LogP contribution in [0.4, 0.5) is 0 Å². The molecule has 0 N–H and O–H groups in total. The molecule has 4 nitrogen and oxygen atoms in total. The van der Waals surface area contributed by atoms with Crippen molar-refractivity contribution in [3.8, 4) is 45.1 Å². The van der Waals surface area contributed by atoms with Gasteiger partial charge in [-0.2, -0.15) is 0 Å². The molecule has 11 aromatic rings. The minimum atomic E-state index is 0.711. The van der Waals surface area contributed by atoms with Gasteiger partial charge in [0.15, 0.2) is 0 Å². The number of hydrogen-bond acceptors (Lipinski definition) is 2. The zero-order chi connectivity index (χ0) is 38.2. The van der Waals surface area contributed by atoms with Crippen molar-refractivity contribution in [3.05, 3.63) is 199 Å². The molecular weight excluding hydrogens is 705 g/mol. The van der Waals surface area contributed by atoms with E-state index in [1.807, 2.05) is 0 Å². The van der Waals surface area contributed by atoms with E-state index in [1.165, 1.54) is 66.0 Å². The van der Waals surface area contributed by atoms with E-state index < -0.39 is 0 Å². The average Bonchev–Trinajstić information content (AvgIpc) is 3.82. The van der Waals surface area contributed by atoms with Gasteiger partial charge < -0.3 is 4.57 Å². The Bertz CT molecular complexity index is 3420. The Morgan fingerprint density at radius 3 is 1.86 bits per heavy atom. The molecule has 0 saturated carbocycles. The van der Waals surface area contributed by atoms with Gasteiger partial charge in [0.1, 0.15) is 0 Å². The van der Waals surface area contributed by atoms with Crippen LogP contribution in [-0.2, 0) is 6.42 Å². The number of para-hydroxylation sites is 2. The molecule has 0 unspecified atom stereocenters. The molecule has 0 amide bonds. The molecule has 4 heteroatoms. The minimum absolute atomic E-state index is 0.711. The van der Waals surface area contributed by atoms with E-state index in [0.29, 0.717) is 5.95 Å². The molecule has 0 aliphatic heterocycles. The lowest BCUT2D eigenvalue weighted by Gasteiger charge is -2.15. The van der Waals surface area contributed by atoms with E-state index in [1.54, 1.807) is 0 Å². The average molecular weight is 741 g/mol. The third-order valence-corrected chi connectivity index (χ3v) is 12.0. The number of hydrogen-bond donors (Lipinski definition) is 0. The topological polar surface area (TPSA) is 35.6 Å². The van der Waals surface area contributed by atoms with Gasteiger partial charge in [-0.1, -0.05) is 152 Å². The Balaban J connectivity index is 0.992. The standard InChI is InChI=1S/C54H36N4/c1-2-12-35(13-3-1)36-22-24-37(25-23-36)38-26-30-41(31-27-38)57-48-20-10-7-16-43(48)46-34-40(29-32-50(46)57)53-44-17-6-9-19-47(44)55-54(56-53)58-49-21-11-8-18-45(49)52-42-15-5-4-14-39(42)28-33-51(52)58/h1-10,12-20,22-34H,11,21H2. The minimum Gasteiger partial charge on any atom is -0.309 e. The summed E-state index contributed by atoms with van der Waals surface area (Å²) < 4.78 is 4.71. The van der Waals surface area contributed by atoms with Crippen molar-refractivity contribution >= 4 is 60.5 Å². The molecule has 3 heterocycles. The smallest absolute Gasteiger partial charge is 0.235 e. The number of allylic oxidation sites excluding steroid dienone is 1. The molecule has 1 aliphatic rings. The number of benzene rings is 8. The Kier molecular flexibility index (Phi) is 7.32. The summed E-state index contributed by atoms with van der Waals surface area (Å²) >= 11 is 0. The van der Waals surface area contributed by atoms with Crippen LogP contribution in [0.3, 0.4) is 0 Å². The normalized spacial score (nSPS) is 12.6. The van der Waals surface area contributed by atoms with Gasteiger partial charge in [0.2, 0.25) is 5.95 Å². The fourth-order valence-electron chi connectivity index (χ4n) is 9.29. The summed E-state index contributed by atoms with van der Waals surface area (Å²) in [6, 6.07) is 65.5. The van der Waals surface area contributed by atoms with Gasteiger partial charge in [-0.25, -0.2) is 9.97 Å². The van der Waals surface area contributed by atoms with Gasteiger partial charge in [-0.3, -0.25) is 4.57 Å². The van der Waals surface area contributed by atoms with Crippen LogP contribution < -0.4 is 0 Å². The maximum absolute atomic E-state index is 5.49. The Hall–Kier alpha value is -7.56. The van der Waals surface area contributed by atoms with Crippen LogP contribution in [0.5, 0.6) is 0 Å². The second-order valence-corrected chi connectivity index (χ2v) is 15.3. The van der Waals surface area contributed by atoms with Crippen molar-refractivity contribution in [1.29, 1.82) is 0 Å². The predicted octanol–water partition coefficient (Wildman–Crippen LogP) is 13.8. The highest BCUT2D eigenvalue weighted by molar-refractivity contribution is 6.13. The lowest BCUT2D eigenvalue weighted by molar-refractivity contribution is 0.852. The molecule has 0 bridgehead atoms. The number of nitrogens with zero attached hydrogens (tertiary/aromatic N) is 4. The fraction of sp³-hybridized carbons (Fsp3) is 0.0370. The van der Waals surface area contributed by atoms with Crippen LogP contribution in [-0.4, -0.2) is 19.1 Å². The molecule has 58 heavy (non-hydrogen) atoms. The SMILES string of the molecule is C1=Cc2c(n(-c3nc(-c4ccc5c(c4)c4ccccc4n5-c4ccc(-c5ccc(-c6ccccc6)cc5)cc4)c4ccccc4n3)c3ccc4ccccc4c23)CC1. The second-order valence-electron chi connectivity index (χ2n) is 15.3. The van der Waals surface area contributed by atoms with Gasteiger partial charge in [0.25, 0.3) is 0 Å². The molecule has 0 spiro atoms. The molecule has 12 rings (SSSR count). The monoisotopic (exact) mass is 740 g/mol. The van der Waals surface area contributed by atoms with E-state index in [9.17, 15) is 0 Å². The summed E-state index contributed by atoms with van der Waals surface area (Å²) in [4.78, 5) is 10.8. The second kappa shape index (κ2) is 13.0. The number of fused-ring (bicyclic) bond motifs is 9. The molecule has 1 aliphatic carbocycles. The van der Waals surface area contributed by atoms with E-state index >= 15 is 0 Å². The Morgan fingerprint density at radius 1 is 0.431 bits per heavy atom. The van der Waals surface area contributed by atoms with Crippen molar-refractivity contribution < 1.29 is 0 Å². The van der Waals surface area contributed by atoms with E-state index in [-0.39, 0.29) is 0 Å². The Labute approximate surface area is 335 Å². The number of rotatable bonds is 5. The molecule has 3 aromatic heterocycles. The number of aromatic nitrogens is 4. The van der Waals surface area contributed by atoms with Gasteiger partial charge in [0, 0.05) is 44.1 Å². The maximum Gasteiger partial charge on any atom is 0.235 e. The first-order valence-electron chi connectivity index (χ1n) is 20.1. The van der Waals surface area contributed by atoms with Crippen molar-refractivity contribution in [2.24, 2.45) is 0 Å². The highest BCUT2D eigenvalue weighted by Crippen LogP contribution is 2.40. The van der Waals surface area contributed by atoms with Gasteiger partial charge in [0.05, 0.1) is 27.8 Å². The van der Waals surface area contributed by atoms with Crippen LogP contribution in [0.1, 0.15) is 17.7 Å². The predicted molar refractivity (Wildman–Crippen MR) is 242 cm³/mol. The highest BCUT2D eigenvalue weighted by Gasteiger charge is 2.23. The fourth-order valence-corrected chi connectivity index (χ4v) is 9.29. The summed E-state index contributed by atoms with van der Waals surface area (Å²) in [6.07, 6.45) is 6.53. The molecule has 0 fully saturated rings. The van der Waals surface area contributed by atoms with E-state index in [2.05, 4.69) is 203 Å². The zero-order valence-corrected chi connectivity index (χ0v) is 31.7.